The summed E-state index contributed by atoms with van der Waals surface area (Å²) in [7, 11) is 1.60. The van der Waals surface area contributed by atoms with Gasteiger partial charge in [-0.3, -0.25) is 5.73 Å². The summed E-state index contributed by atoms with van der Waals surface area (Å²) in [4.78, 5) is 10.5. The first-order chi connectivity index (χ1) is 6.72. The Morgan fingerprint density at radius 3 is 2.79 bits per heavy atom. The highest BCUT2D eigenvalue weighted by molar-refractivity contribution is 5.64. The zero-order chi connectivity index (χ0) is 10.4. The van der Waals surface area contributed by atoms with Crippen LogP contribution in [-0.2, 0) is 4.79 Å². The average Bonchev–Trinajstić information content (AvgIpc) is 2.18. The van der Waals surface area contributed by atoms with Crippen molar-refractivity contribution in [2.75, 3.05) is 13.7 Å². The lowest BCUT2D eigenvalue weighted by Crippen LogP contribution is -2.57. The van der Waals surface area contributed by atoms with E-state index in [4.69, 9.17) is 9.47 Å². The second kappa shape index (κ2) is 5.24. The molecule has 0 heterocycles. The lowest BCUT2D eigenvalue weighted by Gasteiger charge is -2.05. The van der Waals surface area contributed by atoms with Crippen molar-refractivity contribution in [2.24, 2.45) is 0 Å². The molecule has 4 heteroatoms. The van der Waals surface area contributed by atoms with Gasteiger partial charge in [0, 0.05) is 6.07 Å². The molecule has 1 amide bonds. The Labute approximate surface area is 82.6 Å². The molecule has 0 unspecified atom stereocenters. The van der Waals surface area contributed by atoms with Crippen LogP contribution < -0.4 is 15.2 Å². The van der Waals surface area contributed by atoms with Crippen molar-refractivity contribution < 1.29 is 20.0 Å². The van der Waals surface area contributed by atoms with E-state index in [2.05, 4.69) is 5.73 Å². The van der Waals surface area contributed by atoms with E-state index in [0.29, 0.717) is 18.8 Å². The van der Waals surface area contributed by atoms with Crippen LogP contribution in [0.3, 0.4) is 0 Å². The Morgan fingerprint density at radius 2 is 2.14 bits per heavy atom. The van der Waals surface area contributed by atoms with Crippen LogP contribution in [0.1, 0.15) is 6.42 Å². The van der Waals surface area contributed by atoms with Crippen molar-refractivity contribution in [2.45, 2.75) is 6.42 Å². The molecule has 1 aromatic carbocycles. The molecule has 0 aliphatic rings. The summed E-state index contributed by atoms with van der Waals surface area (Å²) in [5, 5.41) is 0. The van der Waals surface area contributed by atoms with Gasteiger partial charge in [0.05, 0.1) is 13.5 Å². The lowest BCUT2D eigenvalue weighted by atomic mass is 10.3. The second-order valence-corrected chi connectivity index (χ2v) is 2.82. The van der Waals surface area contributed by atoms with E-state index in [9.17, 15) is 4.79 Å². The van der Waals surface area contributed by atoms with Gasteiger partial charge in [0.15, 0.2) is 0 Å². The number of hydrogen-bond acceptors (Lipinski definition) is 3. The number of amides is 1. The Morgan fingerprint density at radius 1 is 1.43 bits per heavy atom. The SMILES string of the molecule is COc1cccc(OCCC([NH3+])=O)c1. The number of carbonyl (C=O) groups is 1. The summed E-state index contributed by atoms with van der Waals surface area (Å²) in [5.74, 6) is 1.32. The average molecular weight is 196 g/mol. The normalized spacial score (nSPS) is 9.57. The second-order valence-electron chi connectivity index (χ2n) is 2.82. The third-order valence-electron chi connectivity index (χ3n) is 1.69. The van der Waals surface area contributed by atoms with E-state index in [1.54, 1.807) is 13.2 Å². The Hall–Kier alpha value is -1.55. The molecule has 0 saturated heterocycles. The van der Waals surface area contributed by atoms with Gasteiger partial charge >= 0.3 is 5.91 Å². The van der Waals surface area contributed by atoms with Crippen LogP contribution in [0.25, 0.3) is 0 Å². The van der Waals surface area contributed by atoms with Crippen LogP contribution in [0.4, 0.5) is 0 Å². The molecule has 0 saturated carbocycles. The predicted octanol–water partition coefficient (Wildman–Crippen LogP) is 0.233. The van der Waals surface area contributed by atoms with Crippen molar-refractivity contribution in [3.63, 3.8) is 0 Å². The molecular formula is C10H14NO3+. The first kappa shape index (κ1) is 10.5. The van der Waals surface area contributed by atoms with Gasteiger partial charge in [-0.05, 0) is 12.1 Å². The maximum absolute atomic E-state index is 10.5. The molecule has 0 radical (unpaired) electrons. The molecule has 0 bridgehead atoms. The van der Waals surface area contributed by atoms with Crippen LogP contribution in [0.15, 0.2) is 24.3 Å². The summed E-state index contributed by atoms with van der Waals surface area (Å²) in [6.07, 6.45) is 0.331. The van der Waals surface area contributed by atoms with Gasteiger partial charge in [-0.15, -0.1) is 0 Å². The summed E-state index contributed by atoms with van der Waals surface area (Å²) in [5.41, 5.74) is 3.26. The highest BCUT2D eigenvalue weighted by Gasteiger charge is 2.00. The molecule has 0 aromatic heterocycles. The van der Waals surface area contributed by atoms with E-state index in [-0.39, 0.29) is 5.91 Å². The Bertz CT molecular complexity index is 312. The smallest absolute Gasteiger partial charge is 0.312 e. The van der Waals surface area contributed by atoms with E-state index >= 15 is 0 Å². The van der Waals surface area contributed by atoms with Crippen molar-refractivity contribution in [1.82, 2.24) is 0 Å². The van der Waals surface area contributed by atoms with Crippen LogP contribution in [0.5, 0.6) is 11.5 Å². The number of benzene rings is 1. The molecule has 1 rings (SSSR count). The third kappa shape index (κ3) is 3.45. The van der Waals surface area contributed by atoms with Gasteiger partial charge in [0.2, 0.25) is 0 Å². The summed E-state index contributed by atoms with van der Waals surface area (Å²) < 4.78 is 10.3. The number of hydrogen-bond donors (Lipinski definition) is 1. The summed E-state index contributed by atoms with van der Waals surface area (Å²) in [6.45, 7) is 0.357. The molecule has 0 atom stereocenters. The molecule has 0 spiro atoms. The largest absolute Gasteiger partial charge is 0.497 e. The minimum atomic E-state index is -0.118. The van der Waals surface area contributed by atoms with E-state index in [1.165, 1.54) is 0 Å². The molecule has 0 aliphatic carbocycles. The van der Waals surface area contributed by atoms with Crippen molar-refractivity contribution in [3.05, 3.63) is 24.3 Å². The molecule has 3 N–H and O–H groups in total. The van der Waals surface area contributed by atoms with Gasteiger partial charge in [-0.25, -0.2) is 4.79 Å². The third-order valence-corrected chi connectivity index (χ3v) is 1.69. The zero-order valence-electron chi connectivity index (χ0n) is 8.16. The molecular weight excluding hydrogens is 182 g/mol. The lowest BCUT2D eigenvalue weighted by molar-refractivity contribution is -0.306. The topological polar surface area (TPSA) is 63.2 Å². The molecule has 0 fully saturated rings. The molecule has 4 nitrogen and oxygen atoms in total. The highest BCUT2D eigenvalue weighted by atomic mass is 16.5. The maximum Gasteiger partial charge on any atom is 0.312 e. The minimum absolute atomic E-state index is 0.118. The van der Waals surface area contributed by atoms with Crippen LogP contribution >= 0.6 is 0 Å². The number of quaternary nitrogens is 1. The monoisotopic (exact) mass is 196 g/mol. The zero-order valence-corrected chi connectivity index (χ0v) is 8.16. The van der Waals surface area contributed by atoms with Gasteiger partial charge in [-0.2, -0.15) is 0 Å². The summed E-state index contributed by atoms with van der Waals surface area (Å²) >= 11 is 0. The number of methoxy groups -OCH3 is 1. The van der Waals surface area contributed by atoms with Crippen molar-refractivity contribution in [3.8, 4) is 11.5 Å². The molecule has 14 heavy (non-hydrogen) atoms. The van der Waals surface area contributed by atoms with E-state index in [1.807, 2.05) is 18.2 Å². The van der Waals surface area contributed by atoms with Crippen LogP contribution in [-0.4, -0.2) is 19.6 Å². The fourth-order valence-corrected chi connectivity index (χ4v) is 0.974. The molecule has 1 aromatic rings. The fourth-order valence-electron chi connectivity index (χ4n) is 0.974. The first-order valence-electron chi connectivity index (χ1n) is 4.34. The minimum Gasteiger partial charge on any atom is -0.497 e. The highest BCUT2D eigenvalue weighted by Crippen LogP contribution is 2.18. The quantitative estimate of drug-likeness (QED) is 0.733. The fraction of sp³-hybridized carbons (Fsp3) is 0.300. The molecule has 76 valence electrons. The van der Waals surface area contributed by atoms with Gasteiger partial charge in [0.25, 0.3) is 0 Å². The molecule has 0 aliphatic heterocycles. The van der Waals surface area contributed by atoms with Crippen LogP contribution in [0, 0.1) is 0 Å². The number of ether oxygens (including phenoxy) is 2. The van der Waals surface area contributed by atoms with Crippen LogP contribution in [0.2, 0.25) is 0 Å². The summed E-state index contributed by atoms with van der Waals surface area (Å²) in [6, 6.07) is 7.25. The number of rotatable bonds is 5. The standard InChI is InChI=1S/C10H13NO3/c1-13-8-3-2-4-9(7-8)14-6-5-10(11)12/h2-4,7H,5-6H2,1H3,(H2,11,12)/p+1. The predicted molar refractivity (Wildman–Crippen MR) is 51.0 cm³/mol. The van der Waals surface area contributed by atoms with E-state index < -0.39 is 0 Å². The van der Waals surface area contributed by atoms with Crippen molar-refractivity contribution >= 4 is 5.91 Å². The Kier molecular flexibility index (Phi) is 3.94. The van der Waals surface area contributed by atoms with Gasteiger partial charge in [0.1, 0.15) is 18.1 Å². The van der Waals surface area contributed by atoms with E-state index in [0.717, 1.165) is 5.75 Å². The maximum atomic E-state index is 10.5. The Balaban J connectivity index is 2.46. The van der Waals surface area contributed by atoms with Crippen molar-refractivity contribution in [1.29, 1.82) is 0 Å². The number of carbonyl (C=O) groups excluding carboxylic acids is 1. The first-order valence-corrected chi connectivity index (χ1v) is 4.34. The van der Waals surface area contributed by atoms with Gasteiger partial charge < -0.3 is 9.47 Å². The van der Waals surface area contributed by atoms with Gasteiger partial charge in [-0.1, -0.05) is 6.07 Å².